The van der Waals surface area contributed by atoms with Crippen molar-refractivity contribution in [3.8, 4) is 0 Å². The van der Waals surface area contributed by atoms with Crippen LogP contribution in [0.3, 0.4) is 0 Å². The van der Waals surface area contributed by atoms with Crippen molar-refractivity contribution in [2.75, 3.05) is 6.23 Å². The summed E-state index contributed by atoms with van der Waals surface area (Å²) in [6.45, 7) is 0. The molecule has 1 fully saturated rings. The van der Waals surface area contributed by atoms with Gasteiger partial charge in [0.25, 0.3) is 0 Å². The van der Waals surface area contributed by atoms with Crippen molar-refractivity contribution in [1.29, 1.82) is 0 Å². The molecule has 0 N–H and O–H groups in total. The van der Waals surface area contributed by atoms with Crippen LogP contribution in [-0.4, -0.2) is 40.2 Å². The molecule has 5 heteroatoms. The third kappa shape index (κ3) is 3.67. The zero-order valence-electron chi connectivity index (χ0n) is 11.9. The summed E-state index contributed by atoms with van der Waals surface area (Å²) in [5.74, 6) is 0. The molecule has 1 nitrogen and oxygen atoms in total. The number of benzene rings is 2. The van der Waals surface area contributed by atoms with E-state index >= 15 is 0 Å². The van der Waals surface area contributed by atoms with Crippen molar-refractivity contribution < 1.29 is 4.43 Å². The molecule has 2 aromatic rings. The highest BCUT2D eigenvalue weighted by Gasteiger charge is 2.36. The summed E-state index contributed by atoms with van der Waals surface area (Å²) in [5.41, 5.74) is 3.12. The van der Waals surface area contributed by atoms with Crippen molar-refractivity contribution in [2.24, 2.45) is 0 Å². The lowest BCUT2D eigenvalue weighted by atomic mass is 10.2. The van der Waals surface area contributed by atoms with Crippen molar-refractivity contribution in [3.63, 3.8) is 0 Å². The second-order valence-corrected chi connectivity index (χ2v) is 32.2. The van der Waals surface area contributed by atoms with E-state index in [0.717, 1.165) is 0 Å². The SMILES string of the molecule is c1ccc(C[Si]2(Cc3ccccc3)CO[SiH2][SiH2][SiH2]2)cc1. The standard InChI is InChI=1S/C15H22OSi4/c1-3-7-14(8-4-1)11-20(13-16-17-18-19-20)12-15-9-5-2-6-10-15/h1-10H,11-13,17-19H2. The van der Waals surface area contributed by atoms with Crippen LogP contribution < -0.4 is 0 Å². The Morgan fingerprint density at radius 2 is 1.40 bits per heavy atom. The van der Waals surface area contributed by atoms with Gasteiger partial charge in [0.05, 0.1) is 7.59 Å². The van der Waals surface area contributed by atoms with Crippen LogP contribution in [0.25, 0.3) is 0 Å². The van der Waals surface area contributed by atoms with Crippen LogP contribution in [0.1, 0.15) is 11.1 Å². The quantitative estimate of drug-likeness (QED) is 0.734. The van der Waals surface area contributed by atoms with Gasteiger partial charge in [-0.2, -0.15) is 0 Å². The molecule has 0 bridgehead atoms. The Bertz CT molecular complexity index is 483. The highest BCUT2D eigenvalue weighted by atomic mass is 29.7. The molecule has 3 rings (SSSR count). The lowest BCUT2D eigenvalue weighted by molar-refractivity contribution is 0.411. The zero-order chi connectivity index (χ0) is 13.7. The van der Waals surface area contributed by atoms with E-state index < -0.39 is 7.59 Å². The maximum atomic E-state index is 6.13. The largest absolute Gasteiger partial charge is 0.432 e. The second-order valence-electron chi connectivity index (χ2n) is 5.98. The molecule has 0 radical (unpaired) electrons. The molecule has 0 amide bonds. The van der Waals surface area contributed by atoms with E-state index in [1.54, 1.807) is 11.1 Å². The normalized spacial score (nSPS) is 21.4. The summed E-state index contributed by atoms with van der Waals surface area (Å²) < 4.78 is 6.13. The fourth-order valence-electron chi connectivity index (χ4n) is 3.31. The number of rotatable bonds is 4. The van der Waals surface area contributed by atoms with Gasteiger partial charge in [0, 0.05) is 23.3 Å². The van der Waals surface area contributed by atoms with Gasteiger partial charge in [-0.05, 0) is 12.1 Å². The Morgan fingerprint density at radius 3 is 1.85 bits per heavy atom. The molecule has 0 unspecified atom stereocenters. The average molecular weight is 331 g/mol. The van der Waals surface area contributed by atoms with E-state index in [1.165, 1.54) is 18.3 Å². The van der Waals surface area contributed by atoms with Gasteiger partial charge >= 0.3 is 0 Å². The van der Waals surface area contributed by atoms with Gasteiger partial charge in [0.1, 0.15) is 9.28 Å². The maximum absolute atomic E-state index is 6.13. The summed E-state index contributed by atoms with van der Waals surface area (Å²) >= 11 is 0. The summed E-state index contributed by atoms with van der Waals surface area (Å²) in [5, 5.41) is 0. The molecule has 1 aliphatic heterocycles. The second kappa shape index (κ2) is 6.82. The molecular weight excluding hydrogens is 309 g/mol. The molecule has 104 valence electrons. The summed E-state index contributed by atoms with van der Waals surface area (Å²) in [4.78, 5) is 0. The van der Waals surface area contributed by atoms with Gasteiger partial charge in [0.2, 0.25) is 0 Å². The monoisotopic (exact) mass is 330 g/mol. The number of hydrogen-bond donors (Lipinski definition) is 0. The predicted octanol–water partition coefficient (Wildman–Crippen LogP) is 0.316. The van der Waals surface area contributed by atoms with Crippen LogP contribution in [0.4, 0.5) is 0 Å². The van der Waals surface area contributed by atoms with Crippen LogP contribution in [0.15, 0.2) is 60.7 Å². The average Bonchev–Trinajstić information content (AvgIpc) is 2.50. The van der Waals surface area contributed by atoms with E-state index in [9.17, 15) is 0 Å². The molecule has 1 heterocycles. The van der Waals surface area contributed by atoms with Gasteiger partial charge in [-0.15, -0.1) is 0 Å². The van der Waals surface area contributed by atoms with Gasteiger partial charge in [-0.1, -0.05) is 71.8 Å². The Morgan fingerprint density at radius 1 is 0.850 bits per heavy atom. The van der Waals surface area contributed by atoms with Gasteiger partial charge in [0.15, 0.2) is 0 Å². The van der Waals surface area contributed by atoms with Gasteiger partial charge < -0.3 is 4.43 Å². The highest BCUT2D eigenvalue weighted by Crippen LogP contribution is 2.19. The lowest BCUT2D eigenvalue weighted by Gasteiger charge is -2.35. The molecule has 2 aromatic carbocycles. The van der Waals surface area contributed by atoms with Crippen molar-refractivity contribution in [3.05, 3.63) is 71.8 Å². The molecule has 0 aliphatic carbocycles. The van der Waals surface area contributed by atoms with Crippen LogP contribution in [0.2, 0.25) is 0 Å². The van der Waals surface area contributed by atoms with Gasteiger partial charge in [-0.3, -0.25) is 0 Å². The summed E-state index contributed by atoms with van der Waals surface area (Å²) in [6.07, 6.45) is 1.18. The Hall–Kier alpha value is -0.732. The zero-order valence-corrected chi connectivity index (χ0v) is 17.2. The first-order valence-corrected chi connectivity index (χ1v) is 21.0. The Balaban J connectivity index is 1.81. The van der Waals surface area contributed by atoms with Crippen LogP contribution >= 0.6 is 0 Å². The van der Waals surface area contributed by atoms with E-state index in [4.69, 9.17) is 4.43 Å². The lowest BCUT2D eigenvalue weighted by Crippen LogP contribution is -2.59. The van der Waals surface area contributed by atoms with Crippen LogP contribution in [0.5, 0.6) is 0 Å². The molecule has 0 atom stereocenters. The minimum absolute atomic E-state index is 0.00332. The van der Waals surface area contributed by atoms with E-state index in [1.807, 2.05) is 0 Å². The fraction of sp³-hybridized carbons (Fsp3) is 0.200. The smallest absolute Gasteiger partial charge is 0.139 e. The minimum Gasteiger partial charge on any atom is -0.432 e. The van der Waals surface area contributed by atoms with Crippen molar-refractivity contribution >= 4 is 34.0 Å². The third-order valence-corrected chi connectivity index (χ3v) is 42.9. The van der Waals surface area contributed by atoms with Gasteiger partial charge in [-0.25, -0.2) is 0 Å². The van der Waals surface area contributed by atoms with Crippen LogP contribution in [0, 0.1) is 0 Å². The molecule has 0 saturated carbocycles. The number of hydrogen-bond acceptors (Lipinski definition) is 1. The predicted molar refractivity (Wildman–Crippen MR) is 97.6 cm³/mol. The van der Waals surface area contributed by atoms with E-state index in [-0.39, 0.29) is 26.4 Å². The molecule has 0 aromatic heterocycles. The summed E-state index contributed by atoms with van der Waals surface area (Å²) in [7, 11) is -0.622. The van der Waals surface area contributed by atoms with Crippen molar-refractivity contribution in [1.82, 2.24) is 0 Å². The maximum Gasteiger partial charge on any atom is 0.139 e. The topological polar surface area (TPSA) is 9.23 Å². The van der Waals surface area contributed by atoms with E-state index in [0.29, 0.717) is 0 Å². The third-order valence-electron chi connectivity index (χ3n) is 4.25. The molecule has 0 spiro atoms. The molecule has 20 heavy (non-hydrogen) atoms. The first-order chi connectivity index (χ1) is 9.86. The fourth-order valence-corrected chi connectivity index (χ4v) is 57.4. The molecule has 1 saturated heterocycles. The first kappa shape index (κ1) is 14.2. The highest BCUT2D eigenvalue weighted by molar-refractivity contribution is 7.53. The summed E-state index contributed by atoms with van der Waals surface area (Å²) in [6, 6.07) is 25.1. The van der Waals surface area contributed by atoms with Crippen molar-refractivity contribution in [2.45, 2.75) is 12.1 Å². The molecular formula is C15H22OSi4. The Labute approximate surface area is 128 Å². The molecule has 1 aliphatic rings. The van der Waals surface area contributed by atoms with E-state index in [2.05, 4.69) is 60.7 Å². The first-order valence-electron chi connectivity index (χ1n) is 7.52. The minimum atomic E-state index is -1.15. The Kier molecular flexibility index (Phi) is 4.84. The van der Waals surface area contributed by atoms with Crippen LogP contribution in [-0.2, 0) is 16.5 Å².